The van der Waals surface area contributed by atoms with Gasteiger partial charge in [0.05, 0.1) is 17.2 Å². The smallest absolute Gasteiger partial charge is 0.266 e. The van der Waals surface area contributed by atoms with E-state index in [4.69, 9.17) is 4.74 Å². The van der Waals surface area contributed by atoms with Crippen LogP contribution in [-0.2, 0) is 4.79 Å². The molecule has 5 heteroatoms. The monoisotopic (exact) mass is 352 g/mol. The molecule has 1 saturated heterocycles. The number of aryl methyl sites for hydroxylation is 1. The van der Waals surface area contributed by atoms with Gasteiger partial charge in [-0.25, -0.2) is 4.99 Å². The van der Waals surface area contributed by atoms with Gasteiger partial charge < -0.3 is 4.74 Å². The van der Waals surface area contributed by atoms with Crippen LogP contribution in [-0.4, -0.2) is 29.6 Å². The van der Waals surface area contributed by atoms with Gasteiger partial charge >= 0.3 is 0 Å². The maximum atomic E-state index is 12.5. The normalized spacial score (nSPS) is 17.6. The number of hydrogen-bond acceptors (Lipinski definition) is 4. The SMILES string of the molecule is CCOc1cccc(/C=C2/SC(=Nc3ccccc3C)N(C)C2=O)c1. The van der Waals surface area contributed by atoms with E-state index in [9.17, 15) is 4.79 Å². The summed E-state index contributed by atoms with van der Waals surface area (Å²) in [6, 6.07) is 15.6. The first-order chi connectivity index (χ1) is 12.1. The minimum Gasteiger partial charge on any atom is -0.494 e. The number of thioether (sulfide) groups is 1. The number of carbonyl (C=O) groups excluding carboxylic acids is 1. The summed E-state index contributed by atoms with van der Waals surface area (Å²) in [6.07, 6.45) is 1.88. The van der Waals surface area contributed by atoms with Crippen LogP contribution in [0.3, 0.4) is 0 Å². The van der Waals surface area contributed by atoms with Crippen LogP contribution in [0.1, 0.15) is 18.1 Å². The van der Waals surface area contributed by atoms with Crippen molar-refractivity contribution in [3.05, 3.63) is 64.6 Å². The third kappa shape index (κ3) is 3.94. The summed E-state index contributed by atoms with van der Waals surface area (Å²) in [5.41, 5.74) is 2.90. The summed E-state index contributed by atoms with van der Waals surface area (Å²) < 4.78 is 5.52. The van der Waals surface area contributed by atoms with Crippen molar-refractivity contribution in [3.63, 3.8) is 0 Å². The van der Waals surface area contributed by atoms with E-state index in [1.807, 2.05) is 68.5 Å². The van der Waals surface area contributed by atoms with E-state index in [1.54, 1.807) is 11.9 Å². The Morgan fingerprint density at radius 1 is 1.20 bits per heavy atom. The fraction of sp³-hybridized carbons (Fsp3) is 0.200. The van der Waals surface area contributed by atoms with Crippen molar-refractivity contribution in [3.8, 4) is 5.75 Å². The van der Waals surface area contributed by atoms with Crippen LogP contribution in [0.4, 0.5) is 5.69 Å². The summed E-state index contributed by atoms with van der Waals surface area (Å²) in [7, 11) is 1.75. The first-order valence-electron chi connectivity index (χ1n) is 8.13. The Morgan fingerprint density at radius 3 is 2.76 bits per heavy atom. The highest BCUT2D eigenvalue weighted by molar-refractivity contribution is 8.18. The second-order valence-corrected chi connectivity index (χ2v) is 6.67. The van der Waals surface area contributed by atoms with E-state index >= 15 is 0 Å². The maximum absolute atomic E-state index is 12.5. The Hall–Kier alpha value is -2.53. The van der Waals surface area contributed by atoms with Crippen molar-refractivity contribution in [1.82, 2.24) is 4.90 Å². The van der Waals surface area contributed by atoms with Crippen molar-refractivity contribution < 1.29 is 9.53 Å². The maximum Gasteiger partial charge on any atom is 0.266 e. The Bertz CT molecular complexity index is 858. The number of para-hydroxylation sites is 1. The fourth-order valence-electron chi connectivity index (χ4n) is 2.46. The largest absolute Gasteiger partial charge is 0.494 e. The molecule has 0 unspecified atom stereocenters. The molecule has 0 aliphatic carbocycles. The predicted molar refractivity (Wildman–Crippen MR) is 104 cm³/mol. The molecule has 3 rings (SSSR count). The van der Waals surface area contributed by atoms with Gasteiger partial charge in [0.1, 0.15) is 5.75 Å². The number of nitrogens with zero attached hydrogens (tertiary/aromatic N) is 2. The molecule has 1 heterocycles. The van der Waals surface area contributed by atoms with Gasteiger partial charge in [0.2, 0.25) is 0 Å². The van der Waals surface area contributed by atoms with E-state index in [-0.39, 0.29) is 5.91 Å². The number of likely N-dealkylation sites (N-methyl/N-ethyl adjacent to an activating group) is 1. The van der Waals surface area contributed by atoms with Crippen molar-refractivity contribution in [2.75, 3.05) is 13.7 Å². The Balaban J connectivity index is 1.88. The lowest BCUT2D eigenvalue weighted by atomic mass is 10.2. The number of aliphatic imine (C=N–C) groups is 1. The zero-order chi connectivity index (χ0) is 17.8. The minimum atomic E-state index is -0.0425. The zero-order valence-electron chi connectivity index (χ0n) is 14.5. The average Bonchev–Trinajstić information content (AvgIpc) is 2.86. The molecule has 1 fully saturated rings. The quantitative estimate of drug-likeness (QED) is 0.754. The summed E-state index contributed by atoms with van der Waals surface area (Å²) >= 11 is 1.39. The molecule has 25 heavy (non-hydrogen) atoms. The molecular weight excluding hydrogens is 332 g/mol. The van der Waals surface area contributed by atoms with Gasteiger partial charge in [0.25, 0.3) is 5.91 Å². The third-order valence-corrected chi connectivity index (χ3v) is 4.86. The van der Waals surface area contributed by atoms with Crippen molar-refractivity contribution in [2.24, 2.45) is 4.99 Å². The highest BCUT2D eigenvalue weighted by atomic mass is 32.2. The van der Waals surface area contributed by atoms with Gasteiger partial charge in [-0.1, -0.05) is 30.3 Å². The highest BCUT2D eigenvalue weighted by Gasteiger charge is 2.30. The number of carbonyl (C=O) groups is 1. The topological polar surface area (TPSA) is 41.9 Å². The number of ether oxygens (including phenoxy) is 1. The summed E-state index contributed by atoms with van der Waals surface area (Å²) in [4.78, 5) is 19.4. The van der Waals surface area contributed by atoms with Crippen molar-refractivity contribution >= 4 is 34.6 Å². The average molecular weight is 352 g/mol. The van der Waals surface area contributed by atoms with E-state index in [2.05, 4.69) is 4.99 Å². The van der Waals surface area contributed by atoms with Gasteiger partial charge in [-0.15, -0.1) is 0 Å². The molecule has 0 bridgehead atoms. The number of rotatable bonds is 4. The van der Waals surface area contributed by atoms with E-state index in [0.717, 1.165) is 22.6 Å². The molecule has 0 N–H and O–H groups in total. The Labute approximate surface area is 152 Å². The summed E-state index contributed by atoms with van der Waals surface area (Å²) in [5.74, 6) is 0.758. The number of amidine groups is 1. The molecule has 1 aliphatic rings. The predicted octanol–water partition coefficient (Wildman–Crippen LogP) is 4.63. The molecule has 4 nitrogen and oxygen atoms in total. The fourth-order valence-corrected chi connectivity index (χ4v) is 3.44. The van der Waals surface area contributed by atoms with Crippen LogP contribution in [0.15, 0.2) is 58.4 Å². The summed E-state index contributed by atoms with van der Waals surface area (Å²) in [6.45, 7) is 4.57. The molecule has 0 aromatic heterocycles. The molecule has 0 spiro atoms. The second-order valence-electron chi connectivity index (χ2n) is 5.66. The number of hydrogen-bond donors (Lipinski definition) is 0. The van der Waals surface area contributed by atoms with E-state index < -0.39 is 0 Å². The Kier molecular flexibility index (Phi) is 5.24. The van der Waals surface area contributed by atoms with E-state index in [1.165, 1.54) is 11.8 Å². The van der Waals surface area contributed by atoms with Gasteiger partial charge in [-0.2, -0.15) is 0 Å². The molecule has 0 radical (unpaired) electrons. The van der Waals surface area contributed by atoms with Crippen molar-refractivity contribution in [2.45, 2.75) is 13.8 Å². The molecule has 128 valence electrons. The standard InChI is InChI=1S/C20H20N2O2S/c1-4-24-16-10-7-9-15(12-16)13-18-19(23)22(3)20(25-18)21-17-11-6-5-8-14(17)2/h5-13H,4H2,1-3H3/b18-13+,21-20?. The number of amides is 1. The Morgan fingerprint density at radius 2 is 2.00 bits per heavy atom. The number of benzene rings is 2. The molecule has 2 aromatic carbocycles. The van der Waals surface area contributed by atoms with E-state index in [0.29, 0.717) is 16.7 Å². The highest BCUT2D eigenvalue weighted by Crippen LogP contribution is 2.34. The molecule has 1 aliphatic heterocycles. The second kappa shape index (κ2) is 7.57. The van der Waals surface area contributed by atoms with Crippen LogP contribution in [0.25, 0.3) is 6.08 Å². The molecule has 2 aromatic rings. The molecule has 1 amide bonds. The van der Waals surface area contributed by atoms with Gasteiger partial charge in [0, 0.05) is 7.05 Å². The van der Waals surface area contributed by atoms with Gasteiger partial charge in [-0.05, 0) is 61.0 Å². The minimum absolute atomic E-state index is 0.0425. The van der Waals surface area contributed by atoms with Crippen LogP contribution >= 0.6 is 11.8 Å². The lowest BCUT2D eigenvalue weighted by Crippen LogP contribution is -2.23. The zero-order valence-corrected chi connectivity index (χ0v) is 15.3. The summed E-state index contributed by atoms with van der Waals surface area (Å²) in [5, 5.41) is 0.687. The first-order valence-corrected chi connectivity index (χ1v) is 8.95. The van der Waals surface area contributed by atoms with Crippen molar-refractivity contribution in [1.29, 1.82) is 0 Å². The van der Waals surface area contributed by atoms with Crippen LogP contribution < -0.4 is 4.74 Å². The van der Waals surface area contributed by atoms with Crippen LogP contribution in [0.2, 0.25) is 0 Å². The third-order valence-electron chi connectivity index (χ3n) is 3.80. The van der Waals surface area contributed by atoms with Gasteiger partial charge in [0.15, 0.2) is 5.17 Å². The lowest BCUT2D eigenvalue weighted by molar-refractivity contribution is -0.121. The molecule has 0 saturated carbocycles. The molecular formula is C20H20N2O2S. The lowest BCUT2D eigenvalue weighted by Gasteiger charge is -2.08. The van der Waals surface area contributed by atoms with Crippen LogP contribution in [0, 0.1) is 6.92 Å². The first kappa shape index (κ1) is 17.3. The van der Waals surface area contributed by atoms with Gasteiger partial charge in [-0.3, -0.25) is 9.69 Å². The van der Waals surface area contributed by atoms with Crippen LogP contribution in [0.5, 0.6) is 5.75 Å². The molecule has 0 atom stereocenters.